The number of hydrogen-bond acceptors (Lipinski definition) is 5. The number of aromatic nitrogens is 2. The van der Waals surface area contributed by atoms with Crippen molar-refractivity contribution in [3.8, 4) is 5.88 Å². The van der Waals surface area contributed by atoms with Crippen LogP contribution >= 0.6 is 0 Å². The van der Waals surface area contributed by atoms with Gasteiger partial charge in [-0.05, 0) is 56.5 Å². The summed E-state index contributed by atoms with van der Waals surface area (Å²) in [5.41, 5.74) is 5.47. The number of para-hydroxylation sites is 1. The van der Waals surface area contributed by atoms with E-state index >= 15 is 0 Å². The molecule has 1 aliphatic rings. The summed E-state index contributed by atoms with van der Waals surface area (Å²) >= 11 is 0. The van der Waals surface area contributed by atoms with Crippen LogP contribution in [0.3, 0.4) is 0 Å². The number of alkyl halides is 1. The van der Waals surface area contributed by atoms with Gasteiger partial charge in [0.25, 0.3) is 0 Å². The highest BCUT2D eigenvalue weighted by molar-refractivity contribution is 5.85. The van der Waals surface area contributed by atoms with Crippen LogP contribution in [0.2, 0.25) is 0 Å². The first kappa shape index (κ1) is 25.1. The molecule has 0 aliphatic carbocycles. The van der Waals surface area contributed by atoms with E-state index in [1.807, 2.05) is 19.1 Å². The molecule has 0 amide bonds. The molecule has 3 aromatic rings. The second-order valence-corrected chi connectivity index (χ2v) is 9.43. The topological polar surface area (TPSA) is 90.5 Å². The van der Waals surface area contributed by atoms with Crippen molar-refractivity contribution in [2.24, 2.45) is 5.92 Å². The summed E-state index contributed by atoms with van der Waals surface area (Å²) in [6, 6.07) is 10.3. The van der Waals surface area contributed by atoms with Crippen molar-refractivity contribution < 1.29 is 19.0 Å². The fraction of sp³-hybridized carbons (Fsp3) is 0.481. The number of aliphatic carboxylic acids is 1. The van der Waals surface area contributed by atoms with Crippen molar-refractivity contribution in [1.29, 1.82) is 0 Å². The lowest BCUT2D eigenvalue weighted by atomic mass is 9.86. The lowest BCUT2D eigenvalue weighted by Gasteiger charge is -2.42. The van der Waals surface area contributed by atoms with Gasteiger partial charge in [0.15, 0.2) is 0 Å². The Bertz CT molecular complexity index is 1160. The molecule has 8 heteroatoms. The number of ether oxygens (including phenoxy) is 1. The molecule has 0 saturated heterocycles. The minimum absolute atomic E-state index is 0.143. The van der Waals surface area contributed by atoms with Crippen LogP contribution in [0.4, 0.5) is 4.39 Å². The summed E-state index contributed by atoms with van der Waals surface area (Å²) in [6.45, 7) is 7.71. The predicted molar refractivity (Wildman–Crippen MR) is 135 cm³/mol. The van der Waals surface area contributed by atoms with E-state index in [-0.39, 0.29) is 18.8 Å². The van der Waals surface area contributed by atoms with E-state index < -0.39 is 11.9 Å². The van der Waals surface area contributed by atoms with E-state index in [2.05, 4.69) is 45.3 Å². The van der Waals surface area contributed by atoms with E-state index in [0.29, 0.717) is 38.5 Å². The number of aromatic amines is 1. The molecule has 1 aliphatic heterocycles. The number of hydrogen-bond donors (Lipinski definition) is 3. The van der Waals surface area contributed by atoms with Gasteiger partial charge < -0.3 is 20.1 Å². The summed E-state index contributed by atoms with van der Waals surface area (Å²) in [7, 11) is 0. The minimum Gasteiger partial charge on any atom is -0.481 e. The molecule has 1 unspecified atom stereocenters. The number of fused-ring (bicyclic) bond motifs is 3. The van der Waals surface area contributed by atoms with E-state index in [0.717, 1.165) is 28.8 Å². The number of nitrogens with one attached hydrogen (secondary N) is 2. The third kappa shape index (κ3) is 5.33. The standard InChI is InChI=1S/C27H35FN4O3/c1-17(27(33)34)16-32-18(2)15-22-21-7-4-5-8-23(21)31-24(22)25(32)20-9-12-30-26(19(20)3)35-14-13-29-11-6-10-28/h4-5,7-9,12,17-18,25,29,31H,6,10-11,13-16H2,1-3H3,(H,33,34)/t17?,18-,25-/m1/s1. The second-order valence-electron chi connectivity index (χ2n) is 9.43. The van der Waals surface area contributed by atoms with Gasteiger partial charge in [0.05, 0.1) is 18.6 Å². The van der Waals surface area contributed by atoms with Gasteiger partial charge in [0.1, 0.15) is 6.61 Å². The molecule has 3 heterocycles. The zero-order valence-electron chi connectivity index (χ0n) is 20.7. The Balaban J connectivity index is 1.70. The Morgan fingerprint density at radius 3 is 2.91 bits per heavy atom. The fourth-order valence-corrected chi connectivity index (χ4v) is 5.03. The lowest BCUT2D eigenvalue weighted by Crippen LogP contribution is -2.46. The van der Waals surface area contributed by atoms with Gasteiger partial charge in [-0.15, -0.1) is 0 Å². The van der Waals surface area contributed by atoms with Gasteiger partial charge >= 0.3 is 5.97 Å². The van der Waals surface area contributed by atoms with Gasteiger partial charge in [-0.25, -0.2) is 4.98 Å². The SMILES string of the molecule is Cc1c([C@@H]2c3[nH]c4ccccc4c3C[C@@H](C)N2CC(C)C(=O)O)ccnc1OCCNCCCF. The molecule has 1 aromatic carbocycles. The van der Waals surface area contributed by atoms with Gasteiger partial charge in [-0.2, -0.15) is 0 Å². The minimum atomic E-state index is -0.797. The third-order valence-electron chi connectivity index (χ3n) is 6.92. The largest absolute Gasteiger partial charge is 0.481 e. The quantitative estimate of drug-likeness (QED) is 0.354. The number of benzene rings is 1. The van der Waals surface area contributed by atoms with Crippen molar-refractivity contribution in [3.63, 3.8) is 0 Å². The van der Waals surface area contributed by atoms with Crippen LogP contribution < -0.4 is 10.1 Å². The monoisotopic (exact) mass is 482 g/mol. The summed E-state index contributed by atoms with van der Waals surface area (Å²) in [4.78, 5) is 22.2. The average molecular weight is 483 g/mol. The van der Waals surface area contributed by atoms with E-state index in [1.165, 1.54) is 10.9 Å². The van der Waals surface area contributed by atoms with Gasteiger partial charge in [-0.1, -0.05) is 25.1 Å². The number of halogens is 1. The van der Waals surface area contributed by atoms with Crippen LogP contribution in [0.5, 0.6) is 5.88 Å². The Kier molecular flexibility index (Phi) is 8.03. The van der Waals surface area contributed by atoms with Crippen LogP contribution in [0.25, 0.3) is 10.9 Å². The summed E-state index contributed by atoms with van der Waals surface area (Å²) in [6.07, 6.45) is 3.10. The number of carboxylic acids is 1. The van der Waals surface area contributed by atoms with Crippen molar-refractivity contribution in [3.05, 3.63) is 58.9 Å². The number of nitrogens with zero attached hydrogens (tertiary/aromatic N) is 2. The molecular weight excluding hydrogens is 447 g/mol. The Morgan fingerprint density at radius 1 is 1.34 bits per heavy atom. The normalized spacial score (nSPS) is 19.0. The van der Waals surface area contributed by atoms with Crippen LogP contribution in [-0.4, -0.2) is 64.9 Å². The van der Waals surface area contributed by atoms with Gasteiger partial charge in [-0.3, -0.25) is 14.1 Å². The number of pyridine rings is 1. The molecular formula is C27H35FN4O3. The van der Waals surface area contributed by atoms with E-state index in [9.17, 15) is 14.3 Å². The maximum Gasteiger partial charge on any atom is 0.307 e. The molecule has 0 bridgehead atoms. The van der Waals surface area contributed by atoms with Crippen molar-refractivity contribution in [2.45, 2.75) is 45.7 Å². The van der Waals surface area contributed by atoms with E-state index in [1.54, 1.807) is 13.1 Å². The first-order valence-electron chi connectivity index (χ1n) is 12.3. The molecule has 188 valence electrons. The predicted octanol–water partition coefficient (Wildman–Crippen LogP) is 4.26. The number of rotatable bonds is 11. The highest BCUT2D eigenvalue weighted by atomic mass is 19.1. The molecule has 0 saturated carbocycles. The molecule has 0 radical (unpaired) electrons. The Morgan fingerprint density at radius 2 is 2.14 bits per heavy atom. The summed E-state index contributed by atoms with van der Waals surface area (Å²) in [5, 5.41) is 14.0. The summed E-state index contributed by atoms with van der Waals surface area (Å²) in [5.74, 6) is -0.731. The Labute approximate surface area is 205 Å². The second kappa shape index (κ2) is 11.2. The first-order valence-corrected chi connectivity index (χ1v) is 12.3. The number of H-pyrrole nitrogens is 1. The third-order valence-corrected chi connectivity index (χ3v) is 6.92. The lowest BCUT2D eigenvalue weighted by molar-refractivity contribution is -0.142. The van der Waals surface area contributed by atoms with Crippen LogP contribution in [0, 0.1) is 12.8 Å². The molecule has 35 heavy (non-hydrogen) atoms. The van der Waals surface area contributed by atoms with Crippen molar-refractivity contribution >= 4 is 16.9 Å². The molecule has 3 N–H and O–H groups in total. The maximum absolute atomic E-state index is 12.3. The fourth-order valence-electron chi connectivity index (χ4n) is 5.03. The number of carboxylic acid groups (broad SMARTS) is 1. The van der Waals surface area contributed by atoms with Crippen molar-refractivity contribution in [1.82, 2.24) is 20.2 Å². The molecule has 0 spiro atoms. The van der Waals surface area contributed by atoms with Crippen molar-refractivity contribution in [2.75, 3.05) is 32.9 Å². The Hall–Kier alpha value is -2.97. The van der Waals surface area contributed by atoms with Gasteiger partial charge in [0, 0.05) is 47.5 Å². The van der Waals surface area contributed by atoms with Crippen LogP contribution in [0.1, 0.15) is 48.7 Å². The zero-order valence-corrected chi connectivity index (χ0v) is 20.7. The molecule has 2 aromatic heterocycles. The zero-order chi connectivity index (χ0) is 24.9. The highest BCUT2D eigenvalue weighted by Gasteiger charge is 2.38. The summed E-state index contributed by atoms with van der Waals surface area (Å²) < 4.78 is 18.3. The molecule has 4 rings (SSSR count). The average Bonchev–Trinajstić information content (AvgIpc) is 3.21. The molecule has 3 atom stereocenters. The van der Waals surface area contributed by atoms with Gasteiger partial charge in [0.2, 0.25) is 5.88 Å². The number of carbonyl (C=O) groups is 1. The first-order chi connectivity index (χ1) is 16.9. The van der Waals surface area contributed by atoms with E-state index in [4.69, 9.17) is 4.74 Å². The highest BCUT2D eigenvalue weighted by Crippen LogP contribution is 2.42. The smallest absolute Gasteiger partial charge is 0.307 e. The molecule has 7 nitrogen and oxygen atoms in total. The van der Waals surface area contributed by atoms with Crippen LogP contribution in [0.15, 0.2) is 36.5 Å². The molecule has 0 fully saturated rings. The van der Waals surface area contributed by atoms with Crippen LogP contribution in [-0.2, 0) is 11.2 Å². The maximum atomic E-state index is 12.3.